The molecule has 2 amide bonds. The molecule has 2 heterocycles. The van der Waals surface area contributed by atoms with Gasteiger partial charge < -0.3 is 15.5 Å². The van der Waals surface area contributed by atoms with E-state index in [-0.39, 0.29) is 11.8 Å². The lowest BCUT2D eigenvalue weighted by atomic mass is 9.91. The topological polar surface area (TPSA) is 74.3 Å². The van der Waals surface area contributed by atoms with Gasteiger partial charge in [0.2, 0.25) is 11.8 Å². The third-order valence-corrected chi connectivity index (χ3v) is 4.84. The molecule has 0 spiro atoms. The van der Waals surface area contributed by atoms with E-state index < -0.39 is 5.41 Å². The summed E-state index contributed by atoms with van der Waals surface area (Å²) in [6, 6.07) is 9.73. The van der Waals surface area contributed by atoms with Crippen LogP contribution in [0.2, 0.25) is 0 Å². The van der Waals surface area contributed by atoms with Gasteiger partial charge in [-0.05, 0) is 50.1 Å². The molecule has 6 nitrogen and oxygen atoms in total. The molecular weight excluding hydrogens is 328 g/mol. The SMILES string of the molecule is Cc1ncccc1CNCc1ccc2c(c1)N(C)C(=O)C(C)(C)C(=O)N2. The summed E-state index contributed by atoms with van der Waals surface area (Å²) < 4.78 is 0. The Kier molecular flexibility index (Phi) is 4.78. The Morgan fingerprint density at radius 1 is 1.19 bits per heavy atom. The number of hydrogen-bond acceptors (Lipinski definition) is 4. The van der Waals surface area contributed by atoms with Gasteiger partial charge in [-0.3, -0.25) is 14.6 Å². The highest BCUT2D eigenvalue weighted by Crippen LogP contribution is 2.35. The fourth-order valence-corrected chi connectivity index (χ4v) is 3.02. The van der Waals surface area contributed by atoms with Gasteiger partial charge in [0.15, 0.2) is 0 Å². The highest BCUT2D eigenvalue weighted by atomic mass is 16.2. The van der Waals surface area contributed by atoms with Crippen LogP contribution in [0.25, 0.3) is 0 Å². The summed E-state index contributed by atoms with van der Waals surface area (Å²) >= 11 is 0. The molecule has 0 fully saturated rings. The Hall–Kier alpha value is -2.73. The number of aromatic nitrogens is 1. The zero-order valence-electron chi connectivity index (χ0n) is 15.6. The van der Waals surface area contributed by atoms with Crippen molar-refractivity contribution in [3.8, 4) is 0 Å². The second-order valence-electron chi connectivity index (χ2n) is 7.15. The lowest BCUT2D eigenvalue weighted by Crippen LogP contribution is -2.43. The van der Waals surface area contributed by atoms with Crippen molar-refractivity contribution >= 4 is 23.2 Å². The molecule has 0 saturated heterocycles. The number of nitrogens with one attached hydrogen (secondary N) is 2. The standard InChI is InChI=1S/C20H24N4O2/c1-13-15(6-5-9-22-13)12-21-11-14-7-8-16-17(10-14)24(4)19(26)20(2,3)18(25)23-16/h5-10,21H,11-12H2,1-4H3,(H,23,25). The van der Waals surface area contributed by atoms with Crippen LogP contribution in [0, 0.1) is 12.3 Å². The molecule has 6 heteroatoms. The van der Waals surface area contributed by atoms with Gasteiger partial charge in [-0.1, -0.05) is 12.1 Å². The van der Waals surface area contributed by atoms with E-state index in [1.54, 1.807) is 32.0 Å². The van der Waals surface area contributed by atoms with Crippen LogP contribution in [-0.4, -0.2) is 23.8 Å². The van der Waals surface area contributed by atoms with Crippen molar-refractivity contribution in [2.75, 3.05) is 17.3 Å². The molecular formula is C20H24N4O2. The highest BCUT2D eigenvalue weighted by Gasteiger charge is 2.41. The highest BCUT2D eigenvalue weighted by molar-refractivity contribution is 6.19. The molecule has 1 aromatic carbocycles. The molecule has 0 atom stereocenters. The Morgan fingerprint density at radius 2 is 1.96 bits per heavy atom. The van der Waals surface area contributed by atoms with Gasteiger partial charge in [0.05, 0.1) is 11.4 Å². The Balaban J connectivity index is 1.77. The Morgan fingerprint density at radius 3 is 2.69 bits per heavy atom. The number of carbonyl (C=O) groups is 2. The summed E-state index contributed by atoms with van der Waals surface area (Å²) in [5, 5.41) is 6.26. The van der Waals surface area contributed by atoms with Gasteiger partial charge >= 0.3 is 0 Å². The first-order valence-corrected chi connectivity index (χ1v) is 8.64. The third kappa shape index (κ3) is 3.32. The number of aryl methyl sites for hydroxylation is 1. The van der Waals surface area contributed by atoms with Crippen LogP contribution in [0.3, 0.4) is 0 Å². The minimum Gasteiger partial charge on any atom is -0.323 e. The fraction of sp³-hybridized carbons (Fsp3) is 0.350. The van der Waals surface area contributed by atoms with Crippen molar-refractivity contribution in [2.24, 2.45) is 5.41 Å². The van der Waals surface area contributed by atoms with Crippen LogP contribution < -0.4 is 15.5 Å². The number of rotatable bonds is 4. The molecule has 2 N–H and O–H groups in total. The third-order valence-electron chi connectivity index (χ3n) is 4.84. The molecule has 1 aromatic heterocycles. The number of carbonyl (C=O) groups excluding carboxylic acids is 2. The first-order chi connectivity index (χ1) is 12.3. The Labute approximate surface area is 153 Å². The molecule has 0 unspecified atom stereocenters. The van der Waals surface area contributed by atoms with E-state index >= 15 is 0 Å². The van der Waals surface area contributed by atoms with Crippen molar-refractivity contribution in [1.29, 1.82) is 0 Å². The van der Waals surface area contributed by atoms with Gasteiger partial charge in [0.1, 0.15) is 5.41 Å². The van der Waals surface area contributed by atoms with Crippen LogP contribution in [0.5, 0.6) is 0 Å². The van der Waals surface area contributed by atoms with Crippen molar-refractivity contribution in [3.63, 3.8) is 0 Å². The average molecular weight is 352 g/mol. The van der Waals surface area contributed by atoms with Crippen molar-refractivity contribution in [1.82, 2.24) is 10.3 Å². The summed E-state index contributed by atoms with van der Waals surface area (Å²) in [6.07, 6.45) is 1.79. The van der Waals surface area contributed by atoms with Crippen LogP contribution in [0.1, 0.15) is 30.7 Å². The summed E-state index contributed by atoms with van der Waals surface area (Å²) in [4.78, 5) is 30.8. The zero-order chi connectivity index (χ0) is 18.9. The summed E-state index contributed by atoms with van der Waals surface area (Å²) in [5.74, 6) is -0.504. The quantitative estimate of drug-likeness (QED) is 0.830. The van der Waals surface area contributed by atoms with E-state index in [4.69, 9.17) is 0 Å². The first-order valence-electron chi connectivity index (χ1n) is 8.64. The fourth-order valence-electron chi connectivity index (χ4n) is 3.02. The molecule has 0 bridgehead atoms. The molecule has 0 saturated carbocycles. The maximum atomic E-state index is 12.6. The second-order valence-corrected chi connectivity index (χ2v) is 7.15. The van der Waals surface area contributed by atoms with E-state index in [9.17, 15) is 9.59 Å². The van der Waals surface area contributed by atoms with Gasteiger partial charge in [-0.25, -0.2) is 0 Å². The van der Waals surface area contributed by atoms with Gasteiger partial charge in [-0.2, -0.15) is 0 Å². The summed E-state index contributed by atoms with van der Waals surface area (Å²) in [5.41, 5.74) is 3.48. The predicted octanol–water partition coefficient (Wildman–Crippen LogP) is 2.62. The average Bonchev–Trinajstić information content (AvgIpc) is 2.68. The van der Waals surface area contributed by atoms with Crippen molar-refractivity contribution in [3.05, 3.63) is 53.3 Å². The van der Waals surface area contributed by atoms with E-state index in [1.165, 1.54) is 0 Å². The smallest absolute Gasteiger partial charge is 0.241 e. The van der Waals surface area contributed by atoms with Crippen LogP contribution in [0.4, 0.5) is 11.4 Å². The predicted molar refractivity (Wildman–Crippen MR) is 102 cm³/mol. The molecule has 1 aliphatic heterocycles. The van der Waals surface area contributed by atoms with E-state index in [2.05, 4.69) is 21.7 Å². The molecule has 2 aromatic rings. The number of benzene rings is 1. The van der Waals surface area contributed by atoms with Gasteiger partial charge in [-0.15, -0.1) is 0 Å². The second kappa shape index (κ2) is 6.88. The molecule has 26 heavy (non-hydrogen) atoms. The van der Waals surface area contributed by atoms with Crippen LogP contribution in [-0.2, 0) is 22.7 Å². The number of anilines is 2. The number of fused-ring (bicyclic) bond motifs is 1. The zero-order valence-corrected chi connectivity index (χ0v) is 15.6. The Bertz CT molecular complexity index is 861. The van der Waals surface area contributed by atoms with Gasteiger partial charge in [0, 0.05) is 32.0 Å². The lowest BCUT2D eigenvalue weighted by Gasteiger charge is -2.24. The summed E-state index contributed by atoms with van der Waals surface area (Å²) in [7, 11) is 1.71. The van der Waals surface area contributed by atoms with Crippen molar-refractivity contribution in [2.45, 2.75) is 33.9 Å². The number of nitrogens with zero attached hydrogens (tertiary/aromatic N) is 2. The number of amides is 2. The van der Waals surface area contributed by atoms with E-state index in [0.29, 0.717) is 17.9 Å². The van der Waals surface area contributed by atoms with Gasteiger partial charge in [0.25, 0.3) is 0 Å². The maximum absolute atomic E-state index is 12.6. The summed E-state index contributed by atoms with van der Waals surface area (Å²) in [6.45, 7) is 6.65. The van der Waals surface area contributed by atoms with Crippen LogP contribution >= 0.6 is 0 Å². The molecule has 0 radical (unpaired) electrons. The molecule has 3 rings (SSSR count). The van der Waals surface area contributed by atoms with Crippen LogP contribution in [0.15, 0.2) is 36.5 Å². The first kappa shape index (κ1) is 18.1. The molecule has 1 aliphatic rings. The number of pyridine rings is 1. The largest absolute Gasteiger partial charge is 0.323 e. The minimum absolute atomic E-state index is 0.218. The minimum atomic E-state index is -1.09. The molecule has 136 valence electrons. The van der Waals surface area contributed by atoms with E-state index in [1.807, 2.05) is 31.2 Å². The number of hydrogen-bond donors (Lipinski definition) is 2. The normalized spacial score (nSPS) is 16.1. The maximum Gasteiger partial charge on any atom is 0.241 e. The molecule has 0 aliphatic carbocycles. The monoisotopic (exact) mass is 352 g/mol. The van der Waals surface area contributed by atoms with Crippen molar-refractivity contribution < 1.29 is 9.59 Å². The van der Waals surface area contributed by atoms with E-state index in [0.717, 1.165) is 23.4 Å². The lowest BCUT2D eigenvalue weighted by molar-refractivity contribution is -0.136.